The number of hydrogen-bond acceptors (Lipinski definition) is 9. The average Bonchev–Trinajstić information content (AvgIpc) is 2.96. The molecule has 2 aromatic carbocycles. The van der Waals surface area contributed by atoms with Crippen LogP contribution in [0.1, 0.15) is 11.1 Å². The molecule has 0 saturated heterocycles. The Morgan fingerprint density at radius 2 is 1.75 bits per heavy atom. The van der Waals surface area contributed by atoms with E-state index < -0.39 is 12.6 Å². The van der Waals surface area contributed by atoms with Crippen LogP contribution in [-0.4, -0.2) is 63.5 Å². The van der Waals surface area contributed by atoms with Gasteiger partial charge in [0.2, 0.25) is 18.1 Å². The van der Waals surface area contributed by atoms with Crippen molar-refractivity contribution in [3.63, 3.8) is 0 Å². The van der Waals surface area contributed by atoms with Crippen LogP contribution < -0.4 is 23.7 Å². The molecule has 1 aliphatic heterocycles. The molecule has 0 unspecified atom stereocenters. The number of carboxylic acids is 1. The quantitative estimate of drug-likeness (QED) is 0.590. The van der Waals surface area contributed by atoms with Crippen LogP contribution in [0.25, 0.3) is 5.57 Å². The lowest BCUT2D eigenvalue weighted by atomic mass is 9.95. The van der Waals surface area contributed by atoms with Gasteiger partial charge in [0.15, 0.2) is 23.0 Å². The van der Waals surface area contributed by atoms with Gasteiger partial charge in [-0.25, -0.2) is 4.79 Å². The van der Waals surface area contributed by atoms with Gasteiger partial charge in [0.05, 0.1) is 28.4 Å². The lowest BCUT2D eigenvalue weighted by Gasteiger charge is -2.19. The second-order valence-corrected chi connectivity index (χ2v) is 6.51. The summed E-state index contributed by atoms with van der Waals surface area (Å²) >= 11 is 0. The second-order valence-electron chi connectivity index (χ2n) is 6.51. The Bertz CT molecular complexity index is 1080. The molecule has 2 aromatic rings. The van der Waals surface area contributed by atoms with Gasteiger partial charge in [-0.05, 0) is 35.4 Å². The molecule has 32 heavy (non-hydrogen) atoms. The Kier molecular flexibility index (Phi) is 6.93. The number of carboxylic acid groups (broad SMARTS) is 1. The predicted octanol–water partition coefficient (Wildman–Crippen LogP) is 2.71. The molecular formula is C22H23NO9. The number of phenols is 1. The summed E-state index contributed by atoms with van der Waals surface area (Å²) in [6, 6.07) is 6.61. The minimum Gasteiger partial charge on any atom is -0.504 e. The highest BCUT2D eigenvalue weighted by molar-refractivity contribution is 6.06. The van der Waals surface area contributed by atoms with E-state index in [4.69, 9.17) is 33.6 Å². The number of ether oxygens (including phenoxy) is 5. The Morgan fingerprint density at radius 1 is 1.03 bits per heavy atom. The molecule has 0 spiro atoms. The number of benzene rings is 2. The summed E-state index contributed by atoms with van der Waals surface area (Å²) in [6.45, 7) is -0.641. The zero-order valence-electron chi connectivity index (χ0n) is 18.0. The molecule has 0 amide bonds. The molecule has 0 bridgehead atoms. The summed E-state index contributed by atoms with van der Waals surface area (Å²) in [6.07, 6.45) is 1.67. The molecule has 0 radical (unpaired) electrons. The Balaban J connectivity index is 2.23. The Morgan fingerprint density at radius 3 is 2.34 bits per heavy atom. The fourth-order valence-electron chi connectivity index (χ4n) is 3.22. The van der Waals surface area contributed by atoms with E-state index >= 15 is 0 Å². The third-order valence-corrected chi connectivity index (χ3v) is 4.61. The highest BCUT2D eigenvalue weighted by Gasteiger charge is 2.27. The van der Waals surface area contributed by atoms with Crippen molar-refractivity contribution in [3.8, 4) is 34.5 Å². The van der Waals surface area contributed by atoms with E-state index in [0.29, 0.717) is 51.2 Å². The monoisotopic (exact) mass is 445 g/mol. The number of methoxy groups -OCH3 is 4. The zero-order valence-corrected chi connectivity index (χ0v) is 18.0. The summed E-state index contributed by atoms with van der Waals surface area (Å²) in [5, 5.41) is 23.0. The number of oxime groups is 1. The van der Waals surface area contributed by atoms with Crippen molar-refractivity contribution in [2.75, 3.05) is 41.7 Å². The maximum atomic E-state index is 10.8. The van der Waals surface area contributed by atoms with Crippen LogP contribution in [0.4, 0.5) is 0 Å². The largest absolute Gasteiger partial charge is 0.504 e. The molecule has 1 heterocycles. The summed E-state index contributed by atoms with van der Waals surface area (Å²) in [5.74, 6) is 0.487. The van der Waals surface area contributed by atoms with E-state index in [1.807, 2.05) is 0 Å². The van der Waals surface area contributed by atoms with Gasteiger partial charge in [-0.15, -0.1) is 0 Å². The third kappa shape index (κ3) is 4.48. The van der Waals surface area contributed by atoms with E-state index in [1.54, 1.807) is 24.3 Å². The molecule has 10 heteroatoms. The number of phenolic OH excluding ortho intramolecular Hbond substituents is 1. The number of fused-ring (bicyclic) bond motifs is 1. The molecule has 10 nitrogen and oxygen atoms in total. The van der Waals surface area contributed by atoms with Crippen LogP contribution in [0.2, 0.25) is 0 Å². The van der Waals surface area contributed by atoms with Crippen molar-refractivity contribution in [1.82, 2.24) is 0 Å². The summed E-state index contributed by atoms with van der Waals surface area (Å²) < 4.78 is 27.6. The van der Waals surface area contributed by atoms with Gasteiger partial charge in [-0.1, -0.05) is 11.2 Å². The fourth-order valence-corrected chi connectivity index (χ4v) is 3.22. The van der Waals surface area contributed by atoms with Gasteiger partial charge in [-0.3, -0.25) is 0 Å². The first kappa shape index (κ1) is 22.6. The first-order chi connectivity index (χ1) is 15.4. The van der Waals surface area contributed by atoms with Crippen molar-refractivity contribution in [2.24, 2.45) is 5.16 Å². The van der Waals surface area contributed by atoms with Crippen molar-refractivity contribution < 1.29 is 43.5 Å². The lowest BCUT2D eigenvalue weighted by Crippen LogP contribution is -2.11. The Labute approximate surface area is 184 Å². The standard InChI is InChI=1S/C22H23NO9/c1-27-17-6-5-12(7-16(17)24)14-8-13(23-32-11-19(25)26)10-31-20-15(14)9-18(28-2)21(29-3)22(20)30-4/h5-9,24H,10-11H2,1-4H3,(H,25,26)/b23-13+. The van der Waals surface area contributed by atoms with Crippen LogP contribution in [0.3, 0.4) is 0 Å². The highest BCUT2D eigenvalue weighted by Crippen LogP contribution is 2.50. The molecule has 0 aromatic heterocycles. The maximum absolute atomic E-state index is 10.8. The predicted molar refractivity (Wildman–Crippen MR) is 114 cm³/mol. The second kappa shape index (κ2) is 9.82. The minimum absolute atomic E-state index is 0.0376. The number of aromatic hydroxyl groups is 1. The van der Waals surface area contributed by atoms with Gasteiger partial charge in [-0.2, -0.15) is 0 Å². The van der Waals surface area contributed by atoms with Gasteiger partial charge in [0.1, 0.15) is 12.3 Å². The molecule has 0 aliphatic carbocycles. The number of aliphatic carboxylic acids is 1. The van der Waals surface area contributed by atoms with Crippen LogP contribution >= 0.6 is 0 Å². The molecule has 170 valence electrons. The van der Waals surface area contributed by atoms with Crippen LogP contribution in [-0.2, 0) is 9.63 Å². The van der Waals surface area contributed by atoms with Gasteiger partial charge >= 0.3 is 5.97 Å². The smallest absolute Gasteiger partial charge is 0.344 e. The highest BCUT2D eigenvalue weighted by atomic mass is 16.6. The SMILES string of the molecule is COc1ccc(C2=C/C(=N\OCC(=O)O)COc3c2cc(OC)c(OC)c3OC)cc1O. The molecule has 0 saturated carbocycles. The van der Waals surface area contributed by atoms with Crippen LogP contribution in [0.5, 0.6) is 34.5 Å². The van der Waals surface area contributed by atoms with Crippen LogP contribution in [0.15, 0.2) is 35.5 Å². The first-order valence-corrected chi connectivity index (χ1v) is 9.39. The van der Waals surface area contributed by atoms with E-state index in [9.17, 15) is 9.90 Å². The molecule has 0 atom stereocenters. The van der Waals surface area contributed by atoms with Crippen molar-refractivity contribution in [3.05, 3.63) is 41.5 Å². The van der Waals surface area contributed by atoms with E-state index in [-0.39, 0.29) is 12.4 Å². The first-order valence-electron chi connectivity index (χ1n) is 9.39. The summed E-state index contributed by atoms with van der Waals surface area (Å²) in [4.78, 5) is 15.7. The van der Waals surface area contributed by atoms with E-state index in [1.165, 1.54) is 34.5 Å². The fraction of sp³-hybridized carbons (Fsp3) is 0.273. The number of carbonyl (C=O) groups is 1. The van der Waals surface area contributed by atoms with Gasteiger partial charge in [0.25, 0.3) is 0 Å². The third-order valence-electron chi connectivity index (χ3n) is 4.61. The molecule has 0 fully saturated rings. The van der Waals surface area contributed by atoms with Gasteiger partial charge in [0, 0.05) is 5.56 Å². The molecular weight excluding hydrogens is 422 g/mol. The van der Waals surface area contributed by atoms with Crippen LogP contribution in [0, 0.1) is 0 Å². The summed E-state index contributed by atoms with van der Waals surface area (Å²) in [7, 11) is 5.90. The molecule has 3 rings (SSSR count). The normalized spacial score (nSPS) is 13.9. The zero-order chi connectivity index (χ0) is 23.3. The van der Waals surface area contributed by atoms with E-state index in [2.05, 4.69) is 5.16 Å². The maximum Gasteiger partial charge on any atom is 0.344 e. The van der Waals surface area contributed by atoms with Crippen molar-refractivity contribution in [1.29, 1.82) is 0 Å². The summed E-state index contributed by atoms with van der Waals surface area (Å²) in [5.41, 5.74) is 2.09. The molecule has 1 aliphatic rings. The number of nitrogens with zero attached hydrogens (tertiary/aromatic N) is 1. The Hall–Kier alpha value is -4.08. The van der Waals surface area contributed by atoms with E-state index in [0.717, 1.165) is 0 Å². The minimum atomic E-state index is -1.16. The number of rotatable bonds is 8. The van der Waals surface area contributed by atoms with Crippen molar-refractivity contribution in [2.45, 2.75) is 0 Å². The average molecular weight is 445 g/mol. The molecule has 2 N–H and O–H groups in total. The topological polar surface area (TPSA) is 125 Å². The number of hydrogen-bond donors (Lipinski definition) is 2. The lowest BCUT2D eigenvalue weighted by molar-refractivity contribution is -0.142. The van der Waals surface area contributed by atoms with Crippen molar-refractivity contribution >= 4 is 17.3 Å². The van der Waals surface area contributed by atoms with Gasteiger partial charge < -0.3 is 38.7 Å².